The Morgan fingerprint density at radius 1 is 1.37 bits per heavy atom. The third-order valence-electron chi connectivity index (χ3n) is 3.81. The van der Waals surface area contributed by atoms with E-state index in [-0.39, 0.29) is 24.1 Å². The van der Waals surface area contributed by atoms with Crippen LogP contribution in [0, 0.1) is 0 Å². The van der Waals surface area contributed by atoms with Crippen molar-refractivity contribution in [2.24, 2.45) is 0 Å². The first-order valence-electron chi connectivity index (χ1n) is 6.60. The molecule has 3 atom stereocenters. The summed E-state index contributed by atoms with van der Waals surface area (Å²) in [7, 11) is 0. The number of hydrogen-bond acceptors (Lipinski definition) is 4. The molecule has 2 fully saturated rings. The monoisotopic (exact) mass is 288 g/mol. The summed E-state index contributed by atoms with van der Waals surface area (Å²) in [4.78, 5) is 26.9. The van der Waals surface area contributed by atoms with Crippen molar-refractivity contribution in [2.75, 3.05) is 18.9 Å². The van der Waals surface area contributed by atoms with Gasteiger partial charge in [0.15, 0.2) is 0 Å². The molecule has 2 aliphatic rings. The van der Waals surface area contributed by atoms with Gasteiger partial charge in [-0.25, -0.2) is 9.59 Å². The van der Waals surface area contributed by atoms with Crippen LogP contribution in [0.2, 0.25) is 0 Å². The highest BCUT2D eigenvalue weighted by atomic mass is 32.2. The Morgan fingerprint density at radius 2 is 2.11 bits per heavy atom. The number of carbonyl (C=O) groups is 2. The average Bonchev–Trinajstić information content (AvgIpc) is 2.80. The number of hydrogen-bond donors (Lipinski definition) is 2. The van der Waals surface area contributed by atoms with Crippen molar-refractivity contribution in [1.82, 2.24) is 9.80 Å². The minimum Gasteiger partial charge on any atom is -0.480 e. The lowest BCUT2D eigenvalue weighted by Gasteiger charge is -2.39. The van der Waals surface area contributed by atoms with Gasteiger partial charge in [0.05, 0.1) is 18.0 Å². The van der Waals surface area contributed by atoms with E-state index >= 15 is 0 Å². The van der Waals surface area contributed by atoms with Crippen LogP contribution >= 0.6 is 11.8 Å². The second-order valence-corrected chi connectivity index (χ2v) is 6.35. The molecule has 108 valence electrons. The first-order valence-corrected chi connectivity index (χ1v) is 7.65. The van der Waals surface area contributed by atoms with Gasteiger partial charge in [-0.15, -0.1) is 11.8 Å². The average molecular weight is 288 g/mol. The Morgan fingerprint density at radius 3 is 2.74 bits per heavy atom. The summed E-state index contributed by atoms with van der Waals surface area (Å²) in [5.74, 6) is -0.525. The molecule has 3 unspecified atom stereocenters. The quantitative estimate of drug-likeness (QED) is 0.785. The van der Waals surface area contributed by atoms with E-state index < -0.39 is 12.0 Å². The molecule has 19 heavy (non-hydrogen) atoms. The van der Waals surface area contributed by atoms with Crippen LogP contribution in [0.4, 0.5) is 4.79 Å². The molecule has 0 spiro atoms. The molecule has 0 aromatic rings. The van der Waals surface area contributed by atoms with Crippen molar-refractivity contribution < 1.29 is 19.8 Å². The number of aliphatic carboxylic acids is 1. The van der Waals surface area contributed by atoms with Crippen LogP contribution in [0.3, 0.4) is 0 Å². The molecule has 2 rings (SSSR count). The number of amides is 2. The van der Waals surface area contributed by atoms with Crippen molar-refractivity contribution in [2.45, 2.75) is 43.6 Å². The summed E-state index contributed by atoms with van der Waals surface area (Å²) in [6, 6.07) is -1.18. The second-order valence-electron chi connectivity index (χ2n) is 5.00. The number of carboxylic acid groups (broad SMARTS) is 1. The van der Waals surface area contributed by atoms with Gasteiger partial charge in [-0.3, -0.25) is 4.90 Å². The summed E-state index contributed by atoms with van der Waals surface area (Å²) in [6.45, 7) is 2.40. The van der Waals surface area contributed by atoms with E-state index in [1.807, 2.05) is 6.92 Å². The van der Waals surface area contributed by atoms with Crippen LogP contribution in [0.1, 0.15) is 26.2 Å². The number of piperidine rings is 1. The number of aliphatic hydroxyl groups is 1. The molecular formula is C12H20N2O4S. The van der Waals surface area contributed by atoms with E-state index in [4.69, 9.17) is 0 Å². The number of likely N-dealkylation sites (tertiary alicyclic amines) is 1. The number of nitrogens with zero attached hydrogens (tertiary/aromatic N) is 2. The molecule has 0 bridgehead atoms. The zero-order chi connectivity index (χ0) is 14.0. The van der Waals surface area contributed by atoms with Crippen LogP contribution in [0.15, 0.2) is 0 Å². The molecule has 0 saturated carbocycles. The van der Waals surface area contributed by atoms with E-state index in [9.17, 15) is 19.8 Å². The van der Waals surface area contributed by atoms with Crippen molar-refractivity contribution in [3.8, 4) is 0 Å². The van der Waals surface area contributed by atoms with Crippen LogP contribution < -0.4 is 0 Å². The number of rotatable bonds is 2. The lowest BCUT2D eigenvalue weighted by molar-refractivity contribution is -0.141. The molecule has 2 saturated heterocycles. The fourth-order valence-electron chi connectivity index (χ4n) is 2.71. The molecule has 6 nitrogen and oxygen atoms in total. The molecule has 0 aromatic carbocycles. The normalized spacial score (nSPS) is 31.6. The Balaban J connectivity index is 2.14. The summed E-state index contributed by atoms with van der Waals surface area (Å²) >= 11 is 1.48. The van der Waals surface area contributed by atoms with Gasteiger partial charge in [-0.1, -0.05) is 0 Å². The minimum atomic E-state index is -0.956. The second kappa shape index (κ2) is 6.00. The first-order chi connectivity index (χ1) is 9.06. The van der Waals surface area contributed by atoms with Gasteiger partial charge >= 0.3 is 12.0 Å². The van der Waals surface area contributed by atoms with Gasteiger partial charge in [-0.05, 0) is 26.2 Å². The van der Waals surface area contributed by atoms with E-state index in [0.717, 1.165) is 19.3 Å². The smallest absolute Gasteiger partial charge is 0.327 e. The fraction of sp³-hybridized carbons (Fsp3) is 0.833. The van der Waals surface area contributed by atoms with E-state index in [2.05, 4.69) is 0 Å². The predicted octanol–water partition coefficient (Wildman–Crippen LogP) is 0.801. The van der Waals surface area contributed by atoms with Crippen LogP contribution in [-0.4, -0.2) is 68.4 Å². The number of thioether (sulfide) groups is 1. The molecule has 0 aromatic heterocycles. The summed E-state index contributed by atoms with van der Waals surface area (Å²) in [5, 5.41) is 18.4. The van der Waals surface area contributed by atoms with Crippen molar-refractivity contribution >= 4 is 23.8 Å². The molecule has 0 radical (unpaired) electrons. The number of urea groups is 1. The van der Waals surface area contributed by atoms with E-state index in [1.54, 1.807) is 4.90 Å². The third-order valence-corrected chi connectivity index (χ3v) is 5.03. The highest BCUT2D eigenvalue weighted by Crippen LogP contribution is 2.31. The highest BCUT2D eigenvalue weighted by Gasteiger charge is 2.42. The third kappa shape index (κ3) is 2.81. The zero-order valence-corrected chi connectivity index (χ0v) is 11.8. The van der Waals surface area contributed by atoms with Crippen molar-refractivity contribution in [3.63, 3.8) is 0 Å². The Hall–Kier alpha value is -0.950. The first kappa shape index (κ1) is 14.5. The van der Waals surface area contributed by atoms with Crippen molar-refractivity contribution in [3.05, 3.63) is 0 Å². The maximum Gasteiger partial charge on any atom is 0.327 e. The Bertz CT molecular complexity index is 366. The largest absolute Gasteiger partial charge is 0.480 e. The fourth-order valence-corrected chi connectivity index (χ4v) is 3.88. The van der Waals surface area contributed by atoms with Crippen LogP contribution in [0.25, 0.3) is 0 Å². The van der Waals surface area contributed by atoms with Gasteiger partial charge < -0.3 is 15.1 Å². The van der Waals surface area contributed by atoms with Gasteiger partial charge in [0, 0.05) is 12.3 Å². The predicted molar refractivity (Wildman–Crippen MR) is 72.0 cm³/mol. The van der Waals surface area contributed by atoms with Gasteiger partial charge in [0.25, 0.3) is 0 Å². The molecule has 2 amide bonds. The topological polar surface area (TPSA) is 81.1 Å². The van der Waals surface area contributed by atoms with Crippen LogP contribution in [0.5, 0.6) is 0 Å². The lowest BCUT2D eigenvalue weighted by Crippen LogP contribution is -2.55. The SMILES string of the molecule is CC1SCC(C(=O)O)N1C(=O)N1CCCCC1CO. The number of carboxylic acids is 1. The molecule has 2 N–H and O–H groups in total. The standard InChI is InChI=1S/C12H20N2O4S/c1-8-14(10(7-19-8)11(16)17)12(18)13-5-3-2-4-9(13)6-15/h8-10,15H,2-7H2,1H3,(H,16,17). The van der Waals surface area contributed by atoms with Gasteiger partial charge in [0.2, 0.25) is 0 Å². The maximum atomic E-state index is 12.6. The Kier molecular flexibility index (Phi) is 4.57. The summed E-state index contributed by atoms with van der Waals surface area (Å²) < 4.78 is 0. The molecule has 7 heteroatoms. The highest BCUT2D eigenvalue weighted by molar-refractivity contribution is 8.00. The summed E-state index contributed by atoms with van der Waals surface area (Å²) in [5.41, 5.74) is 0. The van der Waals surface area contributed by atoms with E-state index in [0.29, 0.717) is 12.3 Å². The molecule has 0 aliphatic carbocycles. The van der Waals surface area contributed by atoms with Crippen LogP contribution in [-0.2, 0) is 4.79 Å². The van der Waals surface area contributed by atoms with Crippen molar-refractivity contribution in [1.29, 1.82) is 0 Å². The number of aliphatic hydroxyl groups excluding tert-OH is 1. The maximum absolute atomic E-state index is 12.6. The van der Waals surface area contributed by atoms with Gasteiger partial charge in [0.1, 0.15) is 6.04 Å². The van der Waals surface area contributed by atoms with E-state index in [1.165, 1.54) is 16.7 Å². The minimum absolute atomic E-state index is 0.0567. The lowest BCUT2D eigenvalue weighted by atomic mass is 10.0. The molecule has 2 heterocycles. The summed E-state index contributed by atoms with van der Waals surface area (Å²) in [6.07, 6.45) is 2.70. The Labute approximate surface area is 116 Å². The van der Waals surface area contributed by atoms with Gasteiger partial charge in [-0.2, -0.15) is 0 Å². The molecule has 2 aliphatic heterocycles. The number of carbonyl (C=O) groups excluding carboxylic acids is 1. The zero-order valence-electron chi connectivity index (χ0n) is 11.0. The molecular weight excluding hydrogens is 268 g/mol.